The number of carboxylic acid groups (broad SMARTS) is 1. The molecule has 0 unspecified atom stereocenters. The summed E-state index contributed by atoms with van der Waals surface area (Å²) in [7, 11) is 0. The number of amides is 1. The molecule has 0 spiro atoms. The molecule has 0 bridgehead atoms. The van der Waals surface area contributed by atoms with Crippen molar-refractivity contribution >= 4 is 12.4 Å². The fraction of sp³-hybridized carbons (Fsp3) is 0.583. The zero-order valence-electron chi connectivity index (χ0n) is 11.1. The summed E-state index contributed by atoms with van der Waals surface area (Å²) in [5.74, 6) is 1.07. The largest absolute Gasteiger partial charge is 0.483 e. The molecule has 6 nitrogen and oxygen atoms in total. The Kier molecular flexibility index (Phi) is 7.42. The number of hydrogen-bond acceptors (Lipinski definition) is 3. The van der Waals surface area contributed by atoms with Crippen LogP contribution in [-0.4, -0.2) is 34.0 Å². The zero-order chi connectivity index (χ0) is 14.0. The molecule has 0 atom stereocenters. The van der Waals surface area contributed by atoms with Crippen LogP contribution in [0.25, 0.3) is 0 Å². The molecular formula is C12H21N3O3. The number of carbonyl (C=O) groups is 2. The highest BCUT2D eigenvalue weighted by Crippen LogP contribution is 2.12. The summed E-state index contributed by atoms with van der Waals surface area (Å²) in [6.07, 6.45) is 5.33. The lowest BCUT2D eigenvalue weighted by Crippen LogP contribution is -2.35. The maximum atomic E-state index is 11.5. The van der Waals surface area contributed by atoms with E-state index in [1.807, 2.05) is 27.0 Å². The second-order valence-corrected chi connectivity index (χ2v) is 4.75. The van der Waals surface area contributed by atoms with Gasteiger partial charge in [-0.1, -0.05) is 20.8 Å². The molecule has 3 N–H and O–H groups in total. The van der Waals surface area contributed by atoms with Gasteiger partial charge in [-0.05, 0) is 6.42 Å². The summed E-state index contributed by atoms with van der Waals surface area (Å²) in [5, 5.41) is 9.79. The second kappa shape index (κ2) is 8.27. The van der Waals surface area contributed by atoms with Gasteiger partial charge in [-0.25, -0.2) is 4.98 Å². The Morgan fingerprint density at radius 2 is 2.17 bits per heavy atom. The highest BCUT2D eigenvalue weighted by atomic mass is 16.3. The number of rotatable bonds is 4. The quantitative estimate of drug-likeness (QED) is 0.556. The molecule has 1 amide bonds. The topological polar surface area (TPSA) is 95.1 Å². The third-order valence-corrected chi connectivity index (χ3v) is 2.11. The van der Waals surface area contributed by atoms with Gasteiger partial charge >= 0.3 is 0 Å². The van der Waals surface area contributed by atoms with Crippen molar-refractivity contribution in [1.82, 2.24) is 15.3 Å². The van der Waals surface area contributed by atoms with E-state index in [0.29, 0.717) is 6.54 Å². The predicted molar refractivity (Wildman–Crippen MR) is 68.1 cm³/mol. The van der Waals surface area contributed by atoms with Gasteiger partial charge in [0.15, 0.2) is 0 Å². The van der Waals surface area contributed by atoms with Gasteiger partial charge < -0.3 is 15.4 Å². The van der Waals surface area contributed by atoms with Crippen LogP contribution in [-0.2, 0) is 16.0 Å². The van der Waals surface area contributed by atoms with Crippen LogP contribution in [0.15, 0.2) is 12.4 Å². The van der Waals surface area contributed by atoms with E-state index in [-0.39, 0.29) is 17.8 Å². The Balaban J connectivity index is 0.000000873. The maximum absolute atomic E-state index is 11.5. The molecule has 1 aromatic heterocycles. The molecule has 0 saturated heterocycles. The van der Waals surface area contributed by atoms with Gasteiger partial charge in [0.2, 0.25) is 5.91 Å². The van der Waals surface area contributed by atoms with Crippen molar-refractivity contribution in [1.29, 1.82) is 0 Å². The molecule has 1 heterocycles. The molecule has 0 fully saturated rings. The molecule has 6 heteroatoms. The molecule has 1 aromatic rings. The fourth-order valence-corrected chi connectivity index (χ4v) is 1.16. The summed E-state index contributed by atoms with van der Waals surface area (Å²) < 4.78 is 0. The van der Waals surface area contributed by atoms with E-state index in [4.69, 9.17) is 9.90 Å². The zero-order valence-corrected chi connectivity index (χ0v) is 11.1. The molecule has 0 saturated carbocycles. The first kappa shape index (κ1) is 16.1. The van der Waals surface area contributed by atoms with Crippen LogP contribution in [0.3, 0.4) is 0 Å². The highest BCUT2D eigenvalue weighted by Gasteiger charge is 2.20. The van der Waals surface area contributed by atoms with Gasteiger partial charge in [0.25, 0.3) is 6.47 Å². The SMILES string of the molecule is CC(C)(C)C(=O)NCCCc1ncc[nH]1.O=CO. The monoisotopic (exact) mass is 255 g/mol. The van der Waals surface area contributed by atoms with E-state index in [1.165, 1.54) is 0 Å². The molecular weight excluding hydrogens is 234 g/mol. The lowest BCUT2D eigenvalue weighted by molar-refractivity contribution is -0.128. The summed E-state index contributed by atoms with van der Waals surface area (Å²) in [6, 6.07) is 0. The first-order chi connectivity index (χ1) is 8.41. The summed E-state index contributed by atoms with van der Waals surface area (Å²) in [6.45, 7) is 6.19. The average Bonchev–Trinajstić information content (AvgIpc) is 2.76. The standard InChI is InChI=1S/C11H19N3O.CH2O2/c1-11(2,3)10(15)14-6-4-5-9-12-7-8-13-9;2-1-3/h7-8H,4-6H2,1-3H3,(H,12,13)(H,14,15);1H,(H,2,3). The molecule has 0 aliphatic carbocycles. The lowest BCUT2D eigenvalue weighted by Gasteiger charge is -2.17. The average molecular weight is 255 g/mol. The smallest absolute Gasteiger partial charge is 0.290 e. The van der Waals surface area contributed by atoms with Gasteiger partial charge in [-0.2, -0.15) is 0 Å². The van der Waals surface area contributed by atoms with Crippen molar-refractivity contribution in [3.05, 3.63) is 18.2 Å². The first-order valence-electron chi connectivity index (χ1n) is 5.76. The van der Waals surface area contributed by atoms with E-state index in [9.17, 15) is 4.79 Å². The van der Waals surface area contributed by atoms with Crippen LogP contribution in [0.5, 0.6) is 0 Å². The Labute approximate surface area is 107 Å². The normalized spacial score (nSPS) is 10.2. The molecule has 0 aliphatic rings. The molecule has 18 heavy (non-hydrogen) atoms. The van der Waals surface area contributed by atoms with Crippen molar-refractivity contribution in [3.63, 3.8) is 0 Å². The van der Waals surface area contributed by atoms with Crippen molar-refractivity contribution in [2.75, 3.05) is 6.54 Å². The third-order valence-electron chi connectivity index (χ3n) is 2.11. The minimum absolute atomic E-state index is 0.0990. The molecule has 102 valence electrons. The number of aryl methyl sites for hydroxylation is 1. The fourth-order valence-electron chi connectivity index (χ4n) is 1.16. The van der Waals surface area contributed by atoms with E-state index in [0.717, 1.165) is 18.7 Å². The number of imidazole rings is 1. The number of nitrogens with zero attached hydrogens (tertiary/aromatic N) is 1. The number of H-pyrrole nitrogens is 1. The minimum Gasteiger partial charge on any atom is -0.483 e. The van der Waals surface area contributed by atoms with Crippen LogP contribution >= 0.6 is 0 Å². The number of carbonyl (C=O) groups excluding carboxylic acids is 1. The third kappa shape index (κ3) is 7.43. The molecule has 1 rings (SSSR count). The van der Waals surface area contributed by atoms with Crippen LogP contribution in [0.4, 0.5) is 0 Å². The van der Waals surface area contributed by atoms with Crippen LogP contribution in [0.1, 0.15) is 33.0 Å². The van der Waals surface area contributed by atoms with E-state index in [2.05, 4.69) is 15.3 Å². The lowest BCUT2D eigenvalue weighted by atomic mass is 9.96. The minimum atomic E-state index is -0.301. The van der Waals surface area contributed by atoms with E-state index in [1.54, 1.807) is 6.20 Å². The van der Waals surface area contributed by atoms with Gasteiger partial charge in [-0.3, -0.25) is 9.59 Å². The summed E-state index contributed by atoms with van der Waals surface area (Å²) in [4.78, 5) is 27.0. The van der Waals surface area contributed by atoms with Crippen molar-refractivity contribution in [3.8, 4) is 0 Å². The maximum Gasteiger partial charge on any atom is 0.290 e. The van der Waals surface area contributed by atoms with Gasteiger partial charge in [-0.15, -0.1) is 0 Å². The van der Waals surface area contributed by atoms with Crippen molar-refractivity contribution in [2.24, 2.45) is 5.41 Å². The van der Waals surface area contributed by atoms with E-state index < -0.39 is 0 Å². The van der Waals surface area contributed by atoms with Gasteiger partial charge in [0.05, 0.1) is 0 Å². The Bertz CT molecular complexity index is 342. The number of aromatic nitrogens is 2. The molecule has 0 aliphatic heterocycles. The number of nitrogens with one attached hydrogen (secondary N) is 2. The van der Waals surface area contributed by atoms with Crippen molar-refractivity contribution < 1.29 is 14.7 Å². The Morgan fingerprint density at radius 3 is 2.61 bits per heavy atom. The molecule has 0 radical (unpaired) electrons. The number of hydrogen-bond donors (Lipinski definition) is 3. The van der Waals surface area contributed by atoms with Crippen LogP contribution < -0.4 is 5.32 Å². The Morgan fingerprint density at radius 1 is 1.56 bits per heavy atom. The first-order valence-corrected chi connectivity index (χ1v) is 5.76. The van der Waals surface area contributed by atoms with E-state index >= 15 is 0 Å². The van der Waals surface area contributed by atoms with Crippen LogP contribution in [0.2, 0.25) is 0 Å². The van der Waals surface area contributed by atoms with Gasteiger partial charge in [0, 0.05) is 30.8 Å². The molecule has 0 aromatic carbocycles. The Hall–Kier alpha value is -1.85. The van der Waals surface area contributed by atoms with Gasteiger partial charge in [0.1, 0.15) is 5.82 Å². The summed E-state index contributed by atoms with van der Waals surface area (Å²) in [5.41, 5.74) is -0.301. The van der Waals surface area contributed by atoms with Crippen LogP contribution in [0, 0.1) is 5.41 Å². The predicted octanol–water partition coefficient (Wildman–Crippen LogP) is 1.21. The van der Waals surface area contributed by atoms with Crippen molar-refractivity contribution in [2.45, 2.75) is 33.6 Å². The highest BCUT2D eigenvalue weighted by molar-refractivity contribution is 5.81. The summed E-state index contributed by atoms with van der Waals surface area (Å²) >= 11 is 0. The second-order valence-electron chi connectivity index (χ2n) is 4.75. The number of aromatic amines is 1.